The number of nitrogens with zero attached hydrogens (tertiary/aromatic N) is 3. The zero-order valence-corrected chi connectivity index (χ0v) is 17.4. The third kappa shape index (κ3) is 4.14. The van der Waals surface area contributed by atoms with Crippen LogP contribution >= 0.6 is 0 Å². The zero-order chi connectivity index (χ0) is 20.3. The van der Waals surface area contributed by atoms with E-state index in [2.05, 4.69) is 52.8 Å². The Morgan fingerprint density at radius 2 is 1.90 bits per heavy atom. The number of likely N-dealkylation sites (tertiary alicyclic amines) is 1. The number of ether oxygens (including phenoxy) is 2. The van der Waals surface area contributed by atoms with E-state index >= 15 is 0 Å². The molecule has 0 radical (unpaired) electrons. The van der Waals surface area contributed by atoms with Crippen molar-refractivity contribution in [3.05, 3.63) is 60.3 Å². The Balaban J connectivity index is 1.27. The summed E-state index contributed by atoms with van der Waals surface area (Å²) in [5.41, 5.74) is 4.64. The maximum absolute atomic E-state index is 5.73. The van der Waals surface area contributed by atoms with Gasteiger partial charge in [-0.25, -0.2) is 0 Å². The summed E-state index contributed by atoms with van der Waals surface area (Å²) in [5, 5.41) is 8.42. The van der Waals surface area contributed by atoms with Gasteiger partial charge in [0.05, 0.1) is 5.69 Å². The van der Waals surface area contributed by atoms with Gasteiger partial charge in [-0.3, -0.25) is 9.58 Å². The standard InChI is InChI=1S/C24H28N4O2/c1-27-15-19(24(26-27)18-6-3-2-4-7-18)16-28-11-5-8-21(17-28)25-20-9-10-22-23(14-20)30-13-12-29-22/h2-4,6-7,9-10,14-15,21,25H,5,8,11-13,16-17H2,1H3. The quantitative estimate of drug-likeness (QED) is 0.698. The van der Waals surface area contributed by atoms with Crippen LogP contribution in [0.2, 0.25) is 0 Å². The molecule has 1 atom stereocenters. The van der Waals surface area contributed by atoms with Crippen LogP contribution in [0.3, 0.4) is 0 Å². The van der Waals surface area contributed by atoms with E-state index in [4.69, 9.17) is 14.6 Å². The molecule has 1 saturated heterocycles. The topological polar surface area (TPSA) is 51.5 Å². The summed E-state index contributed by atoms with van der Waals surface area (Å²) in [5.74, 6) is 1.67. The molecule has 3 aromatic rings. The number of nitrogens with one attached hydrogen (secondary N) is 1. The molecule has 1 fully saturated rings. The predicted octanol–water partition coefficient (Wildman–Crippen LogP) is 3.93. The summed E-state index contributed by atoms with van der Waals surface area (Å²) in [6, 6.07) is 17.0. The lowest BCUT2D eigenvalue weighted by molar-refractivity contribution is 0.171. The largest absolute Gasteiger partial charge is 0.486 e. The van der Waals surface area contributed by atoms with Crippen molar-refractivity contribution in [1.82, 2.24) is 14.7 Å². The van der Waals surface area contributed by atoms with Crippen molar-refractivity contribution in [2.75, 3.05) is 31.6 Å². The van der Waals surface area contributed by atoms with Gasteiger partial charge in [0.25, 0.3) is 0 Å². The van der Waals surface area contributed by atoms with Gasteiger partial charge in [0.2, 0.25) is 0 Å². The average Bonchev–Trinajstić information content (AvgIpc) is 3.14. The predicted molar refractivity (Wildman–Crippen MR) is 118 cm³/mol. The summed E-state index contributed by atoms with van der Waals surface area (Å²) < 4.78 is 13.3. The minimum atomic E-state index is 0.415. The van der Waals surface area contributed by atoms with Gasteiger partial charge in [0.1, 0.15) is 13.2 Å². The van der Waals surface area contributed by atoms with Crippen LogP contribution < -0.4 is 14.8 Å². The lowest BCUT2D eigenvalue weighted by atomic mass is 10.0. The van der Waals surface area contributed by atoms with E-state index in [0.29, 0.717) is 19.3 Å². The molecule has 0 saturated carbocycles. The van der Waals surface area contributed by atoms with Crippen LogP contribution in [0.1, 0.15) is 18.4 Å². The highest BCUT2D eigenvalue weighted by atomic mass is 16.6. The van der Waals surface area contributed by atoms with Gasteiger partial charge in [0, 0.05) is 55.3 Å². The van der Waals surface area contributed by atoms with E-state index in [9.17, 15) is 0 Å². The van der Waals surface area contributed by atoms with Gasteiger partial charge >= 0.3 is 0 Å². The van der Waals surface area contributed by atoms with Gasteiger partial charge < -0.3 is 14.8 Å². The van der Waals surface area contributed by atoms with Gasteiger partial charge in [-0.15, -0.1) is 0 Å². The lowest BCUT2D eigenvalue weighted by Crippen LogP contribution is -2.41. The number of aromatic nitrogens is 2. The third-order valence-electron chi connectivity index (χ3n) is 5.76. The molecule has 6 heteroatoms. The van der Waals surface area contributed by atoms with Crippen LogP contribution in [0.4, 0.5) is 5.69 Å². The first kappa shape index (κ1) is 19.0. The number of aryl methyl sites for hydroxylation is 1. The molecule has 1 unspecified atom stereocenters. The van der Waals surface area contributed by atoms with Crippen molar-refractivity contribution in [1.29, 1.82) is 0 Å². The van der Waals surface area contributed by atoms with E-state index < -0.39 is 0 Å². The molecule has 3 heterocycles. The van der Waals surface area contributed by atoms with Crippen molar-refractivity contribution in [2.45, 2.75) is 25.4 Å². The minimum Gasteiger partial charge on any atom is -0.486 e. The number of hydrogen-bond acceptors (Lipinski definition) is 5. The minimum absolute atomic E-state index is 0.415. The van der Waals surface area contributed by atoms with Gasteiger partial charge in [0.15, 0.2) is 11.5 Å². The highest BCUT2D eigenvalue weighted by Crippen LogP contribution is 2.33. The number of hydrogen-bond donors (Lipinski definition) is 1. The van der Waals surface area contributed by atoms with E-state index in [1.807, 2.05) is 23.9 Å². The fourth-order valence-corrected chi connectivity index (χ4v) is 4.42. The molecule has 0 spiro atoms. The van der Waals surface area contributed by atoms with E-state index in [1.165, 1.54) is 24.0 Å². The Kier molecular flexibility index (Phi) is 5.32. The Morgan fingerprint density at radius 3 is 2.77 bits per heavy atom. The van der Waals surface area contributed by atoms with Crippen molar-refractivity contribution in [2.24, 2.45) is 7.05 Å². The first-order valence-corrected chi connectivity index (χ1v) is 10.7. The first-order chi connectivity index (χ1) is 14.7. The molecular weight excluding hydrogens is 376 g/mol. The number of fused-ring (bicyclic) bond motifs is 1. The van der Waals surface area contributed by atoms with Crippen molar-refractivity contribution in [3.8, 4) is 22.8 Å². The molecule has 0 amide bonds. The second-order valence-electron chi connectivity index (χ2n) is 8.12. The maximum Gasteiger partial charge on any atom is 0.163 e. The maximum atomic E-state index is 5.73. The SMILES string of the molecule is Cn1cc(CN2CCCC(Nc3ccc4c(c3)OCCO4)C2)c(-c2ccccc2)n1. The van der Waals surface area contributed by atoms with Crippen LogP contribution in [-0.4, -0.2) is 47.0 Å². The van der Waals surface area contributed by atoms with Crippen molar-refractivity contribution < 1.29 is 9.47 Å². The van der Waals surface area contributed by atoms with Crippen LogP contribution in [0, 0.1) is 0 Å². The molecule has 1 aromatic heterocycles. The fraction of sp³-hybridized carbons (Fsp3) is 0.375. The van der Waals surface area contributed by atoms with E-state index in [1.54, 1.807) is 0 Å². The molecule has 2 aromatic carbocycles. The van der Waals surface area contributed by atoms with Crippen LogP contribution in [0.15, 0.2) is 54.7 Å². The molecule has 156 valence electrons. The lowest BCUT2D eigenvalue weighted by Gasteiger charge is -2.33. The number of benzene rings is 2. The van der Waals surface area contributed by atoms with Crippen LogP contribution in [0.25, 0.3) is 11.3 Å². The second kappa shape index (κ2) is 8.40. The van der Waals surface area contributed by atoms with Crippen LogP contribution in [0.5, 0.6) is 11.5 Å². The Labute approximate surface area is 177 Å². The van der Waals surface area contributed by atoms with Crippen molar-refractivity contribution in [3.63, 3.8) is 0 Å². The highest BCUT2D eigenvalue weighted by Gasteiger charge is 2.22. The summed E-state index contributed by atoms with van der Waals surface area (Å²) in [4.78, 5) is 2.53. The number of rotatable bonds is 5. The Bertz CT molecular complexity index is 1000. The zero-order valence-electron chi connectivity index (χ0n) is 17.4. The molecule has 5 rings (SSSR count). The Morgan fingerprint density at radius 1 is 1.07 bits per heavy atom. The third-order valence-corrected chi connectivity index (χ3v) is 5.76. The highest BCUT2D eigenvalue weighted by molar-refractivity contribution is 5.62. The van der Waals surface area contributed by atoms with E-state index in [0.717, 1.165) is 42.5 Å². The summed E-state index contributed by atoms with van der Waals surface area (Å²) in [6.07, 6.45) is 4.51. The van der Waals surface area contributed by atoms with Gasteiger partial charge in [-0.1, -0.05) is 30.3 Å². The monoisotopic (exact) mass is 404 g/mol. The molecule has 0 aliphatic carbocycles. The number of piperidine rings is 1. The smallest absolute Gasteiger partial charge is 0.163 e. The summed E-state index contributed by atoms with van der Waals surface area (Å²) >= 11 is 0. The molecule has 30 heavy (non-hydrogen) atoms. The van der Waals surface area contributed by atoms with Gasteiger partial charge in [-0.2, -0.15) is 5.10 Å². The van der Waals surface area contributed by atoms with Crippen molar-refractivity contribution >= 4 is 5.69 Å². The molecule has 2 aliphatic rings. The first-order valence-electron chi connectivity index (χ1n) is 10.7. The fourth-order valence-electron chi connectivity index (χ4n) is 4.42. The molecule has 2 aliphatic heterocycles. The molecular formula is C24H28N4O2. The molecule has 1 N–H and O–H groups in total. The number of anilines is 1. The molecule has 0 bridgehead atoms. The normalized spacial score (nSPS) is 18.9. The van der Waals surface area contributed by atoms with E-state index in [-0.39, 0.29) is 0 Å². The Hall–Kier alpha value is -2.99. The second-order valence-corrected chi connectivity index (χ2v) is 8.12. The van der Waals surface area contributed by atoms with Crippen LogP contribution in [-0.2, 0) is 13.6 Å². The summed E-state index contributed by atoms with van der Waals surface area (Å²) in [6.45, 7) is 4.27. The average molecular weight is 405 g/mol. The summed E-state index contributed by atoms with van der Waals surface area (Å²) in [7, 11) is 2.00. The van der Waals surface area contributed by atoms with Gasteiger partial charge in [-0.05, 0) is 31.5 Å². The molecule has 6 nitrogen and oxygen atoms in total.